The van der Waals surface area contributed by atoms with Crippen molar-refractivity contribution in [3.63, 3.8) is 0 Å². The van der Waals surface area contributed by atoms with Crippen molar-refractivity contribution in [3.8, 4) is 28.3 Å². The Morgan fingerprint density at radius 3 is 2.51 bits per heavy atom. The smallest absolute Gasteiger partial charge is 0.254 e. The molecular weight excluding hydrogens is 458 g/mol. The Kier molecular flexibility index (Phi) is 5.33. The SMILES string of the molecule is NC(=O)c1cn(-c2ccc(Oc3ccnc4c3CC(=O)N4)c(F)c2)cc(-c2ccc(F)cc2)c1=O. The van der Waals surface area contributed by atoms with E-state index in [1.165, 1.54) is 65.6 Å². The second-order valence-electron chi connectivity index (χ2n) is 7.77. The third-order valence-corrected chi connectivity index (χ3v) is 5.49. The number of hydrogen-bond donors (Lipinski definition) is 2. The number of amides is 2. The van der Waals surface area contributed by atoms with Gasteiger partial charge in [-0.15, -0.1) is 0 Å². The summed E-state index contributed by atoms with van der Waals surface area (Å²) in [6.07, 6.45) is 4.12. The summed E-state index contributed by atoms with van der Waals surface area (Å²) in [4.78, 5) is 40.4. The van der Waals surface area contributed by atoms with Crippen molar-refractivity contribution in [1.82, 2.24) is 9.55 Å². The molecule has 8 nitrogen and oxygen atoms in total. The van der Waals surface area contributed by atoms with Gasteiger partial charge in [0.1, 0.15) is 22.9 Å². The average molecular weight is 474 g/mol. The van der Waals surface area contributed by atoms with Crippen LogP contribution in [0.5, 0.6) is 11.5 Å². The molecular formula is C25H16F2N4O4. The van der Waals surface area contributed by atoms with Gasteiger partial charge in [-0.05, 0) is 35.9 Å². The van der Waals surface area contributed by atoms with Gasteiger partial charge >= 0.3 is 0 Å². The largest absolute Gasteiger partial charge is 0.454 e. The Morgan fingerprint density at radius 2 is 1.80 bits per heavy atom. The summed E-state index contributed by atoms with van der Waals surface area (Å²) in [5.41, 5.74) is 5.70. The van der Waals surface area contributed by atoms with Gasteiger partial charge in [0.2, 0.25) is 11.3 Å². The maximum Gasteiger partial charge on any atom is 0.254 e. The van der Waals surface area contributed by atoms with E-state index in [9.17, 15) is 18.8 Å². The van der Waals surface area contributed by atoms with E-state index in [1.807, 2.05) is 0 Å². The molecule has 0 atom stereocenters. The molecule has 0 fully saturated rings. The summed E-state index contributed by atoms with van der Waals surface area (Å²) in [5.74, 6) is -1.85. The molecule has 4 aromatic rings. The Morgan fingerprint density at radius 1 is 1.03 bits per heavy atom. The normalized spacial score (nSPS) is 12.2. The Balaban J connectivity index is 1.54. The highest BCUT2D eigenvalue weighted by atomic mass is 19.1. The van der Waals surface area contributed by atoms with E-state index in [0.717, 1.165) is 6.07 Å². The minimum absolute atomic E-state index is 0.0671. The number of aromatic nitrogens is 2. The lowest BCUT2D eigenvalue weighted by Crippen LogP contribution is -2.24. The van der Waals surface area contributed by atoms with Crippen LogP contribution in [0.1, 0.15) is 15.9 Å². The molecule has 0 radical (unpaired) electrons. The molecule has 10 heteroatoms. The third kappa shape index (κ3) is 4.12. The van der Waals surface area contributed by atoms with Crippen LogP contribution in [0.4, 0.5) is 14.6 Å². The molecule has 5 rings (SSSR count). The molecule has 0 aliphatic carbocycles. The Hall–Kier alpha value is -4.86. The number of nitrogens with one attached hydrogen (secondary N) is 1. The second kappa shape index (κ2) is 8.49. The zero-order valence-electron chi connectivity index (χ0n) is 17.9. The molecule has 2 amide bonds. The number of primary amides is 1. The van der Waals surface area contributed by atoms with Crippen LogP contribution < -0.4 is 21.2 Å². The van der Waals surface area contributed by atoms with Gasteiger partial charge in [0.15, 0.2) is 11.6 Å². The number of nitrogens with zero attached hydrogens (tertiary/aromatic N) is 2. The lowest BCUT2D eigenvalue weighted by atomic mass is 10.0. The van der Waals surface area contributed by atoms with Crippen LogP contribution in [0, 0.1) is 11.6 Å². The van der Waals surface area contributed by atoms with Crippen molar-refractivity contribution in [2.75, 3.05) is 5.32 Å². The first-order valence-electron chi connectivity index (χ1n) is 10.4. The molecule has 1 aliphatic rings. The highest BCUT2D eigenvalue weighted by Gasteiger charge is 2.24. The molecule has 35 heavy (non-hydrogen) atoms. The fraction of sp³-hybridized carbons (Fsp3) is 0.0400. The monoisotopic (exact) mass is 474 g/mol. The maximum atomic E-state index is 15.0. The van der Waals surface area contributed by atoms with E-state index < -0.39 is 23.0 Å². The molecule has 0 saturated carbocycles. The van der Waals surface area contributed by atoms with Crippen LogP contribution in [0.2, 0.25) is 0 Å². The minimum Gasteiger partial charge on any atom is -0.454 e. The fourth-order valence-corrected chi connectivity index (χ4v) is 3.77. The van der Waals surface area contributed by atoms with E-state index in [-0.39, 0.29) is 40.6 Å². The summed E-state index contributed by atoms with van der Waals surface area (Å²) in [6.45, 7) is 0. The lowest BCUT2D eigenvalue weighted by Gasteiger charge is -2.14. The predicted molar refractivity (Wildman–Crippen MR) is 123 cm³/mol. The summed E-state index contributed by atoms with van der Waals surface area (Å²) in [6, 6.07) is 10.7. The number of ether oxygens (including phenoxy) is 1. The number of halogens is 2. The molecule has 3 N–H and O–H groups in total. The van der Waals surface area contributed by atoms with E-state index in [0.29, 0.717) is 16.9 Å². The van der Waals surface area contributed by atoms with E-state index in [2.05, 4.69) is 10.3 Å². The van der Waals surface area contributed by atoms with Crippen LogP contribution in [0.25, 0.3) is 16.8 Å². The molecule has 2 aromatic heterocycles. The molecule has 3 heterocycles. The van der Waals surface area contributed by atoms with Crippen molar-refractivity contribution in [2.24, 2.45) is 5.73 Å². The molecule has 0 saturated heterocycles. The predicted octanol–water partition coefficient (Wildman–Crippen LogP) is 3.56. The van der Waals surface area contributed by atoms with Gasteiger partial charge in [0.25, 0.3) is 5.91 Å². The van der Waals surface area contributed by atoms with Crippen LogP contribution in [-0.2, 0) is 11.2 Å². The topological polar surface area (TPSA) is 116 Å². The summed E-state index contributed by atoms with van der Waals surface area (Å²) in [7, 11) is 0. The number of nitrogens with two attached hydrogens (primary N) is 1. The average Bonchev–Trinajstić information content (AvgIpc) is 3.22. The fourth-order valence-electron chi connectivity index (χ4n) is 3.77. The van der Waals surface area contributed by atoms with E-state index in [1.54, 1.807) is 0 Å². The van der Waals surface area contributed by atoms with Crippen molar-refractivity contribution in [2.45, 2.75) is 6.42 Å². The Labute approximate surface area is 196 Å². The van der Waals surface area contributed by atoms with Gasteiger partial charge in [-0.3, -0.25) is 14.4 Å². The van der Waals surface area contributed by atoms with Gasteiger partial charge in [-0.2, -0.15) is 0 Å². The lowest BCUT2D eigenvalue weighted by molar-refractivity contribution is -0.115. The third-order valence-electron chi connectivity index (χ3n) is 5.49. The van der Waals surface area contributed by atoms with Gasteiger partial charge < -0.3 is 20.4 Å². The minimum atomic E-state index is -0.956. The first kappa shape index (κ1) is 22.0. The first-order chi connectivity index (χ1) is 16.8. The number of fused-ring (bicyclic) bond motifs is 1. The standard InChI is InChI=1S/C25H16F2N4O4/c26-14-3-1-13(2-4-14)17-11-31(12-18(23(17)33)24(28)34)15-5-6-21(19(27)9-15)35-20-7-8-29-25-16(20)10-22(32)30-25/h1-9,11-12H,10H2,(H2,28,34)(H,29,30,32). The molecule has 0 unspecified atom stereocenters. The zero-order chi connectivity index (χ0) is 24.7. The van der Waals surface area contributed by atoms with Crippen molar-refractivity contribution < 1.29 is 23.1 Å². The number of benzene rings is 2. The quantitative estimate of drug-likeness (QED) is 0.459. The van der Waals surface area contributed by atoms with Gasteiger partial charge in [0.05, 0.1) is 6.42 Å². The van der Waals surface area contributed by atoms with Crippen LogP contribution in [0.15, 0.2) is 71.9 Å². The zero-order valence-corrected chi connectivity index (χ0v) is 17.9. The van der Waals surface area contributed by atoms with E-state index in [4.69, 9.17) is 10.5 Å². The van der Waals surface area contributed by atoms with Crippen LogP contribution in [0.3, 0.4) is 0 Å². The number of pyridine rings is 2. The molecule has 174 valence electrons. The van der Waals surface area contributed by atoms with Gasteiger partial charge in [-0.1, -0.05) is 12.1 Å². The second-order valence-corrected chi connectivity index (χ2v) is 7.77. The highest BCUT2D eigenvalue weighted by molar-refractivity contribution is 5.98. The van der Waals surface area contributed by atoms with E-state index >= 15 is 4.39 Å². The number of anilines is 1. The highest BCUT2D eigenvalue weighted by Crippen LogP contribution is 2.34. The molecule has 2 aromatic carbocycles. The number of carbonyl (C=O) groups is 2. The summed E-state index contributed by atoms with van der Waals surface area (Å²) in [5, 5.41) is 2.60. The molecule has 0 bridgehead atoms. The van der Waals surface area contributed by atoms with Crippen molar-refractivity contribution >= 4 is 17.6 Å². The van der Waals surface area contributed by atoms with Crippen LogP contribution >= 0.6 is 0 Å². The van der Waals surface area contributed by atoms with Crippen LogP contribution in [-0.4, -0.2) is 21.4 Å². The summed E-state index contributed by atoms with van der Waals surface area (Å²) < 4.78 is 35.5. The van der Waals surface area contributed by atoms with Gasteiger partial charge in [0, 0.05) is 41.5 Å². The number of hydrogen-bond acceptors (Lipinski definition) is 5. The van der Waals surface area contributed by atoms with Crippen molar-refractivity contribution in [3.05, 3.63) is 100 Å². The molecule has 0 spiro atoms. The maximum absolute atomic E-state index is 15.0. The number of carbonyl (C=O) groups excluding carboxylic acids is 2. The first-order valence-corrected chi connectivity index (χ1v) is 10.4. The van der Waals surface area contributed by atoms with Crippen molar-refractivity contribution in [1.29, 1.82) is 0 Å². The summed E-state index contributed by atoms with van der Waals surface area (Å²) >= 11 is 0. The Bertz CT molecular complexity index is 1570. The van der Waals surface area contributed by atoms with Gasteiger partial charge in [-0.25, -0.2) is 13.8 Å². The molecule has 1 aliphatic heterocycles. The number of rotatable bonds is 5.